The van der Waals surface area contributed by atoms with Crippen molar-refractivity contribution in [3.8, 4) is 0 Å². The Bertz CT molecular complexity index is 352. The van der Waals surface area contributed by atoms with Gasteiger partial charge in [-0.15, -0.1) is 28.3 Å². The van der Waals surface area contributed by atoms with E-state index in [1.54, 1.807) is 16.4 Å². The summed E-state index contributed by atoms with van der Waals surface area (Å²) in [6.07, 6.45) is 0.867. The quantitative estimate of drug-likeness (QED) is 0.621. The van der Waals surface area contributed by atoms with Crippen LogP contribution in [0.3, 0.4) is 0 Å². The van der Waals surface area contributed by atoms with Crippen molar-refractivity contribution in [2.75, 3.05) is 5.75 Å². The zero-order valence-electron chi connectivity index (χ0n) is 8.52. The molecule has 1 aromatic heterocycles. The molecule has 0 N–H and O–H groups in total. The second-order valence-electron chi connectivity index (χ2n) is 3.97. The SMILES string of the molecule is CC(C)n1nnnc1SCC1CC1(Cl)Cl. The normalized spacial score (nSPS) is 23.4. The van der Waals surface area contributed by atoms with Crippen LogP contribution in [0.25, 0.3) is 0 Å². The lowest BCUT2D eigenvalue weighted by atomic mass is 10.4. The molecule has 84 valence electrons. The van der Waals surface area contributed by atoms with Gasteiger partial charge in [-0.25, -0.2) is 4.68 Å². The van der Waals surface area contributed by atoms with Gasteiger partial charge in [-0.3, -0.25) is 0 Å². The number of halogens is 2. The first-order valence-corrected chi connectivity index (χ1v) is 6.53. The number of alkyl halides is 2. The zero-order valence-corrected chi connectivity index (χ0v) is 10.9. The van der Waals surface area contributed by atoms with Crippen LogP contribution in [-0.2, 0) is 0 Å². The zero-order chi connectivity index (χ0) is 11.1. The highest BCUT2D eigenvalue weighted by atomic mass is 35.5. The van der Waals surface area contributed by atoms with Crippen LogP contribution in [0.4, 0.5) is 0 Å². The van der Waals surface area contributed by atoms with Crippen molar-refractivity contribution in [1.29, 1.82) is 0 Å². The van der Waals surface area contributed by atoms with E-state index in [0.717, 1.165) is 17.3 Å². The first kappa shape index (κ1) is 11.5. The molecule has 0 aliphatic heterocycles. The minimum Gasteiger partial charge on any atom is -0.218 e. The summed E-state index contributed by atoms with van der Waals surface area (Å²) in [5, 5.41) is 12.4. The van der Waals surface area contributed by atoms with Crippen LogP contribution in [0.15, 0.2) is 5.16 Å². The van der Waals surface area contributed by atoms with Crippen molar-refractivity contribution in [2.45, 2.75) is 35.8 Å². The number of nitrogens with zero attached hydrogens (tertiary/aromatic N) is 4. The number of hydrogen-bond donors (Lipinski definition) is 0. The van der Waals surface area contributed by atoms with Crippen LogP contribution < -0.4 is 0 Å². The predicted octanol–water partition coefficient (Wildman–Crippen LogP) is 2.54. The molecule has 0 saturated heterocycles. The first-order chi connectivity index (χ1) is 7.00. The molecule has 1 atom stereocenters. The molecule has 1 saturated carbocycles. The van der Waals surface area contributed by atoms with Crippen molar-refractivity contribution in [2.24, 2.45) is 5.92 Å². The largest absolute Gasteiger partial charge is 0.218 e. The molecule has 4 nitrogen and oxygen atoms in total. The maximum Gasteiger partial charge on any atom is 0.209 e. The number of tetrazole rings is 1. The molecule has 0 spiro atoms. The van der Waals surface area contributed by atoms with Gasteiger partial charge >= 0.3 is 0 Å². The Morgan fingerprint density at radius 2 is 2.27 bits per heavy atom. The molecule has 1 aliphatic carbocycles. The molecular formula is C8H12Cl2N4S. The van der Waals surface area contributed by atoms with Crippen LogP contribution in [0, 0.1) is 5.92 Å². The summed E-state index contributed by atoms with van der Waals surface area (Å²) in [4.78, 5) is 0. The predicted molar refractivity (Wildman–Crippen MR) is 61.5 cm³/mol. The van der Waals surface area contributed by atoms with Crippen molar-refractivity contribution >= 4 is 35.0 Å². The van der Waals surface area contributed by atoms with Gasteiger partial charge in [0, 0.05) is 11.7 Å². The van der Waals surface area contributed by atoms with Gasteiger partial charge in [0.2, 0.25) is 5.16 Å². The second-order valence-corrected chi connectivity index (χ2v) is 6.50. The molecule has 1 fully saturated rings. The molecule has 1 aliphatic rings. The Balaban J connectivity index is 1.91. The third-order valence-electron chi connectivity index (χ3n) is 2.32. The molecule has 2 rings (SSSR count). The van der Waals surface area contributed by atoms with Crippen LogP contribution >= 0.6 is 35.0 Å². The van der Waals surface area contributed by atoms with E-state index in [0.29, 0.717) is 5.92 Å². The van der Waals surface area contributed by atoms with Gasteiger partial charge in [-0.2, -0.15) is 0 Å². The number of rotatable bonds is 4. The average Bonchev–Trinajstić information content (AvgIpc) is 2.63. The maximum atomic E-state index is 5.94. The standard InChI is InChI=1S/C8H12Cl2N4S/c1-5(2)14-7(11-12-13-14)15-4-6-3-8(6,9)10/h5-6H,3-4H2,1-2H3. The Morgan fingerprint density at radius 3 is 2.80 bits per heavy atom. The van der Waals surface area contributed by atoms with E-state index < -0.39 is 4.33 Å². The highest BCUT2D eigenvalue weighted by Crippen LogP contribution is 2.54. The van der Waals surface area contributed by atoms with Crippen LogP contribution in [0.5, 0.6) is 0 Å². The summed E-state index contributed by atoms with van der Waals surface area (Å²) >= 11 is 13.5. The lowest BCUT2D eigenvalue weighted by molar-refractivity contribution is 0.477. The maximum absolute atomic E-state index is 5.94. The molecule has 1 heterocycles. The molecule has 7 heteroatoms. The van der Waals surface area contributed by atoms with Crippen LogP contribution in [0.2, 0.25) is 0 Å². The van der Waals surface area contributed by atoms with E-state index in [9.17, 15) is 0 Å². The molecule has 0 amide bonds. The summed E-state index contributed by atoms with van der Waals surface area (Å²) in [7, 11) is 0. The van der Waals surface area contributed by atoms with E-state index >= 15 is 0 Å². The summed E-state index contributed by atoms with van der Waals surface area (Å²) in [6.45, 7) is 4.09. The number of hydrogen-bond acceptors (Lipinski definition) is 4. The van der Waals surface area contributed by atoms with Gasteiger partial charge in [-0.05, 0) is 30.7 Å². The van der Waals surface area contributed by atoms with Crippen molar-refractivity contribution in [3.63, 3.8) is 0 Å². The third-order valence-corrected chi connectivity index (χ3v) is 4.34. The van der Waals surface area contributed by atoms with Crippen molar-refractivity contribution < 1.29 is 0 Å². The molecule has 1 aromatic rings. The Hall–Kier alpha value is -0.000000000000000111. The van der Waals surface area contributed by atoms with Gasteiger partial charge in [0.15, 0.2) is 0 Å². The summed E-state index contributed by atoms with van der Waals surface area (Å²) in [6, 6.07) is 0.276. The highest BCUT2D eigenvalue weighted by Gasteiger charge is 2.51. The monoisotopic (exact) mass is 266 g/mol. The minimum atomic E-state index is -0.511. The fraction of sp³-hybridized carbons (Fsp3) is 0.875. The van der Waals surface area contributed by atoms with Crippen molar-refractivity contribution in [1.82, 2.24) is 20.2 Å². The average molecular weight is 267 g/mol. The molecule has 1 unspecified atom stereocenters. The molecule has 0 aromatic carbocycles. The molecule has 0 radical (unpaired) electrons. The lowest BCUT2D eigenvalue weighted by Gasteiger charge is -2.06. The number of thioether (sulfide) groups is 1. The Labute approximate surface area is 103 Å². The summed E-state index contributed by atoms with van der Waals surface area (Å²) < 4.78 is 1.29. The molecule has 0 bridgehead atoms. The highest BCUT2D eigenvalue weighted by molar-refractivity contribution is 7.99. The van der Waals surface area contributed by atoms with Gasteiger partial charge in [0.25, 0.3) is 0 Å². The topological polar surface area (TPSA) is 43.6 Å². The number of aromatic nitrogens is 4. The minimum absolute atomic E-state index is 0.276. The van der Waals surface area contributed by atoms with Crippen LogP contribution in [-0.4, -0.2) is 30.3 Å². The van der Waals surface area contributed by atoms with E-state index in [2.05, 4.69) is 15.5 Å². The summed E-state index contributed by atoms with van der Waals surface area (Å²) in [5.74, 6) is 1.24. The van der Waals surface area contributed by atoms with Crippen LogP contribution in [0.1, 0.15) is 26.3 Å². The fourth-order valence-electron chi connectivity index (χ4n) is 1.23. The smallest absolute Gasteiger partial charge is 0.209 e. The van der Waals surface area contributed by atoms with Gasteiger partial charge in [-0.1, -0.05) is 11.8 Å². The third kappa shape index (κ3) is 2.57. The second kappa shape index (κ2) is 4.11. The van der Waals surface area contributed by atoms with E-state index in [1.165, 1.54) is 0 Å². The molecular weight excluding hydrogens is 255 g/mol. The Kier molecular flexibility index (Phi) is 3.14. The Morgan fingerprint density at radius 1 is 1.60 bits per heavy atom. The summed E-state index contributed by atoms with van der Waals surface area (Å²) in [5.41, 5.74) is 0. The van der Waals surface area contributed by atoms with Gasteiger partial charge < -0.3 is 0 Å². The van der Waals surface area contributed by atoms with Crippen molar-refractivity contribution in [3.05, 3.63) is 0 Å². The van der Waals surface area contributed by atoms with E-state index in [-0.39, 0.29) is 6.04 Å². The molecule has 15 heavy (non-hydrogen) atoms. The lowest BCUT2D eigenvalue weighted by Crippen LogP contribution is -2.05. The fourth-order valence-corrected chi connectivity index (χ4v) is 3.17. The van der Waals surface area contributed by atoms with E-state index in [1.807, 2.05) is 13.8 Å². The first-order valence-electron chi connectivity index (χ1n) is 4.79. The van der Waals surface area contributed by atoms with E-state index in [4.69, 9.17) is 23.2 Å². The van der Waals surface area contributed by atoms with Gasteiger partial charge in [0.05, 0.1) is 6.04 Å². The van der Waals surface area contributed by atoms with Gasteiger partial charge in [0.1, 0.15) is 4.33 Å².